The Bertz CT molecular complexity index is 761. The van der Waals surface area contributed by atoms with E-state index >= 15 is 0 Å². The van der Waals surface area contributed by atoms with Gasteiger partial charge in [0.15, 0.2) is 0 Å². The van der Waals surface area contributed by atoms with Crippen LogP contribution in [0.1, 0.15) is 22.3 Å². The molecule has 1 atom stereocenters. The molecule has 1 N–H and O–H groups in total. The third-order valence-corrected chi connectivity index (χ3v) is 4.43. The van der Waals surface area contributed by atoms with Crippen LogP contribution in [0.3, 0.4) is 0 Å². The fourth-order valence-corrected chi connectivity index (χ4v) is 3.01. The molecule has 0 aliphatic carbocycles. The fraction of sp³-hybridized carbons (Fsp3) is 0.350. The van der Waals surface area contributed by atoms with E-state index in [1.807, 2.05) is 31.2 Å². The van der Waals surface area contributed by atoms with Crippen molar-refractivity contribution in [3.8, 4) is 11.5 Å². The molecule has 1 heterocycles. The second-order valence-electron chi connectivity index (χ2n) is 6.54. The summed E-state index contributed by atoms with van der Waals surface area (Å²) in [7, 11) is 1.57. The van der Waals surface area contributed by atoms with Crippen LogP contribution in [0.25, 0.3) is 0 Å². The minimum atomic E-state index is -1.03. The van der Waals surface area contributed by atoms with E-state index in [0.717, 1.165) is 11.3 Å². The van der Waals surface area contributed by atoms with Gasteiger partial charge in [0.2, 0.25) is 0 Å². The van der Waals surface area contributed by atoms with Gasteiger partial charge in [0.25, 0.3) is 5.91 Å². The minimum Gasteiger partial charge on any atom is -0.497 e. The zero-order valence-electron chi connectivity index (χ0n) is 14.6. The molecule has 0 radical (unpaired) electrons. The summed E-state index contributed by atoms with van der Waals surface area (Å²) in [6.45, 7) is 2.92. The van der Waals surface area contributed by atoms with Crippen molar-refractivity contribution in [1.29, 1.82) is 0 Å². The number of β-amino-alcohol motifs (C(OH)–C–C–N with tert-alkyl or cyclic N) is 1. The van der Waals surface area contributed by atoms with E-state index in [0.29, 0.717) is 24.3 Å². The van der Waals surface area contributed by atoms with E-state index in [1.165, 1.54) is 0 Å². The SMILES string of the molecule is COc1cccc(C(=O)N2CCC(O)(COc3cccc(C)c3)C2)c1. The Kier molecular flexibility index (Phi) is 4.95. The Morgan fingerprint density at radius 2 is 1.96 bits per heavy atom. The van der Waals surface area contributed by atoms with E-state index in [-0.39, 0.29) is 19.1 Å². The molecule has 2 aromatic rings. The molecular formula is C20H23NO4. The summed E-state index contributed by atoms with van der Waals surface area (Å²) < 4.78 is 10.9. The summed E-state index contributed by atoms with van der Waals surface area (Å²) in [6.07, 6.45) is 0.495. The molecule has 1 aliphatic rings. The van der Waals surface area contributed by atoms with Crippen molar-refractivity contribution in [2.75, 3.05) is 26.8 Å². The minimum absolute atomic E-state index is 0.106. The Hall–Kier alpha value is -2.53. The highest BCUT2D eigenvalue weighted by atomic mass is 16.5. The van der Waals surface area contributed by atoms with Crippen LogP contribution < -0.4 is 9.47 Å². The molecule has 132 valence electrons. The number of carbonyl (C=O) groups excluding carboxylic acids is 1. The van der Waals surface area contributed by atoms with Crippen molar-refractivity contribution in [3.05, 3.63) is 59.7 Å². The maximum atomic E-state index is 12.6. The zero-order chi connectivity index (χ0) is 17.9. The number of hydrogen-bond donors (Lipinski definition) is 1. The Morgan fingerprint density at radius 3 is 2.72 bits per heavy atom. The van der Waals surface area contributed by atoms with Crippen molar-refractivity contribution in [1.82, 2.24) is 4.90 Å². The number of aliphatic hydroxyl groups is 1. The van der Waals surface area contributed by atoms with Crippen molar-refractivity contribution in [3.63, 3.8) is 0 Å². The number of methoxy groups -OCH3 is 1. The predicted molar refractivity (Wildman–Crippen MR) is 95.1 cm³/mol. The maximum Gasteiger partial charge on any atom is 0.254 e. The number of aryl methyl sites for hydroxylation is 1. The monoisotopic (exact) mass is 341 g/mol. The van der Waals surface area contributed by atoms with Gasteiger partial charge in [0, 0.05) is 12.1 Å². The summed E-state index contributed by atoms with van der Waals surface area (Å²) in [5, 5.41) is 10.7. The van der Waals surface area contributed by atoms with Gasteiger partial charge in [0.05, 0.1) is 13.7 Å². The molecule has 1 unspecified atom stereocenters. The van der Waals surface area contributed by atoms with Crippen LogP contribution in [0.4, 0.5) is 0 Å². The highest BCUT2D eigenvalue weighted by Gasteiger charge is 2.39. The molecule has 1 fully saturated rings. The highest BCUT2D eigenvalue weighted by Crippen LogP contribution is 2.25. The molecule has 3 rings (SSSR count). The largest absolute Gasteiger partial charge is 0.497 e. The fourth-order valence-electron chi connectivity index (χ4n) is 3.01. The standard InChI is InChI=1S/C20H23NO4/c1-15-5-3-8-18(11-15)25-14-20(23)9-10-21(13-20)19(22)16-6-4-7-17(12-16)24-2/h3-8,11-12,23H,9-10,13-14H2,1-2H3. The zero-order valence-corrected chi connectivity index (χ0v) is 14.6. The molecule has 5 nitrogen and oxygen atoms in total. The first-order chi connectivity index (χ1) is 12.0. The van der Waals surface area contributed by atoms with Gasteiger partial charge in [-0.3, -0.25) is 4.79 Å². The summed E-state index contributed by atoms with van der Waals surface area (Å²) in [4.78, 5) is 14.3. The van der Waals surface area contributed by atoms with Gasteiger partial charge in [0.1, 0.15) is 23.7 Å². The Morgan fingerprint density at radius 1 is 1.20 bits per heavy atom. The van der Waals surface area contributed by atoms with Crippen molar-refractivity contribution in [2.45, 2.75) is 18.9 Å². The number of rotatable bonds is 5. The molecule has 0 saturated carbocycles. The molecule has 2 aromatic carbocycles. The smallest absolute Gasteiger partial charge is 0.254 e. The van der Waals surface area contributed by atoms with Gasteiger partial charge in [-0.25, -0.2) is 0 Å². The average molecular weight is 341 g/mol. The van der Waals surface area contributed by atoms with Gasteiger partial charge in [-0.1, -0.05) is 18.2 Å². The van der Waals surface area contributed by atoms with Gasteiger partial charge < -0.3 is 19.5 Å². The second-order valence-corrected chi connectivity index (χ2v) is 6.54. The van der Waals surface area contributed by atoms with Gasteiger partial charge >= 0.3 is 0 Å². The maximum absolute atomic E-state index is 12.6. The first-order valence-corrected chi connectivity index (χ1v) is 8.34. The third kappa shape index (κ3) is 4.12. The lowest BCUT2D eigenvalue weighted by molar-refractivity contribution is 0.00429. The van der Waals surface area contributed by atoms with Crippen molar-refractivity contribution in [2.24, 2.45) is 0 Å². The molecule has 0 bridgehead atoms. The normalized spacial score (nSPS) is 19.7. The Balaban J connectivity index is 1.62. The first kappa shape index (κ1) is 17.3. The van der Waals surface area contributed by atoms with Crippen LogP contribution in [0.5, 0.6) is 11.5 Å². The first-order valence-electron chi connectivity index (χ1n) is 8.34. The van der Waals surface area contributed by atoms with Crippen LogP contribution in [-0.4, -0.2) is 48.3 Å². The predicted octanol–water partition coefficient (Wildman–Crippen LogP) is 2.66. The van der Waals surface area contributed by atoms with Crippen LogP contribution in [0.15, 0.2) is 48.5 Å². The van der Waals surface area contributed by atoms with E-state index in [2.05, 4.69) is 0 Å². The number of likely N-dealkylation sites (tertiary alicyclic amines) is 1. The van der Waals surface area contributed by atoms with Crippen LogP contribution in [0, 0.1) is 6.92 Å². The quantitative estimate of drug-likeness (QED) is 0.908. The highest BCUT2D eigenvalue weighted by molar-refractivity contribution is 5.94. The average Bonchev–Trinajstić information content (AvgIpc) is 3.02. The summed E-state index contributed by atoms with van der Waals surface area (Å²) in [5.74, 6) is 1.26. The van der Waals surface area contributed by atoms with Crippen LogP contribution in [0.2, 0.25) is 0 Å². The number of amides is 1. The van der Waals surface area contributed by atoms with Crippen LogP contribution in [-0.2, 0) is 0 Å². The lowest BCUT2D eigenvalue weighted by atomic mass is 10.1. The van der Waals surface area contributed by atoms with E-state index in [4.69, 9.17) is 9.47 Å². The van der Waals surface area contributed by atoms with Crippen molar-refractivity contribution >= 4 is 5.91 Å². The number of ether oxygens (including phenoxy) is 2. The molecule has 1 amide bonds. The third-order valence-electron chi connectivity index (χ3n) is 4.43. The summed E-state index contributed by atoms with van der Waals surface area (Å²) in [5.41, 5.74) is 0.632. The lowest BCUT2D eigenvalue weighted by Crippen LogP contribution is -2.40. The summed E-state index contributed by atoms with van der Waals surface area (Å²) in [6, 6.07) is 14.8. The Labute approximate surface area is 147 Å². The van der Waals surface area contributed by atoms with Gasteiger partial charge in [-0.05, 0) is 49.2 Å². The topological polar surface area (TPSA) is 59.0 Å². The molecule has 0 spiro atoms. The molecule has 0 aromatic heterocycles. The van der Waals surface area contributed by atoms with Gasteiger partial charge in [-0.2, -0.15) is 0 Å². The lowest BCUT2D eigenvalue weighted by Gasteiger charge is -2.24. The molecule has 1 saturated heterocycles. The van der Waals surface area contributed by atoms with Crippen molar-refractivity contribution < 1.29 is 19.4 Å². The number of benzene rings is 2. The second kappa shape index (κ2) is 7.15. The molecule has 25 heavy (non-hydrogen) atoms. The van der Waals surface area contributed by atoms with E-state index in [9.17, 15) is 9.90 Å². The molecular weight excluding hydrogens is 318 g/mol. The van der Waals surface area contributed by atoms with Crippen LogP contribution >= 0.6 is 0 Å². The van der Waals surface area contributed by atoms with Gasteiger partial charge in [-0.15, -0.1) is 0 Å². The summed E-state index contributed by atoms with van der Waals surface area (Å²) >= 11 is 0. The molecule has 1 aliphatic heterocycles. The number of nitrogens with zero attached hydrogens (tertiary/aromatic N) is 1. The number of carbonyl (C=O) groups is 1. The van der Waals surface area contributed by atoms with E-state index < -0.39 is 5.60 Å². The van der Waals surface area contributed by atoms with E-state index in [1.54, 1.807) is 36.3 Å². The molecule has 5 heteroatoms. The number of hydrogen-bond acceptors (Lipinski definition) is 4.